The van der Waals surface area contributed by atoms with Crippen molar-refractivity contribution in [2.45, 2.75) is 6.04 Å². The van der Waals surface area contributed by atoms with E-state index in [2.05, 4.69) is 10.6 Å². The quantitative estimate of drug-likeness (QED) is 0.790. The number of hydrogen-bond acceptors (Lipinski definition) is 3. The number of hydrogen-bond donors (Lipinski definition) is 3. The van der Waals surface area contributed by atoms with Gasteiger partial charge in [0.2, 0.25) is 5.91 Å². The van der Waals surface area contributed by atoms with E-state index >= 15 is 0 Å². The highest BCUT2D eigenvalue weighted by atomic mass is 16.2. The first-order valence-electron chi connectivity index (χ1n) is 6.93. The van der Waals surface area contributed by atoms with Crippen LogP contribution in [0.5, 0.6) is 0 Å². The number of amides is 3. The molecule has 0 saturated heterocycles. The van der Waals surface area contributed by atoms with Crippen molar-refractivity contribution < 1.29 is 9.59 Å². The van der Waals surface area contributed by atoms with Gasteiger partial charge in [0.05, 0.1) is 17.9 Å². The van der Waals surface area contributed by atoms with E-state index in [1.807, 2.05) is 59.5 Å². The molecule has 6 nitrogen and oxygen atoms in total. The van der Waals surface area contributed by atoms with Crippen LogP contribution in [0.4, 0.5) is 21.9 Å². The van der Waals surface area contributed by atoms with Gasteiger partial charge in [-0.25, -0.2) is 4.79 Å². The van der Waals surface area contributed by atoms with E-state index in [1.165, 1.54) is 0 Å². The Morgan fingerprint density at radius 3 is 2.55 bits per heavy atom. The van der Waals surface area contributed by atoms with Gasteiger partial charge in [0.15, 0.2) is 0 Å². The molecule has 0 radical (unpaired) electrons. The summed E-state index contributed by atoms with van der Waals surface area (Å²) in [5.41, 5.74) is 7.68. The number of anilines is 3. The Hall–Kier alpha value is -3.02. The molecule has 1 aliphatic heterocycles. The Morgan fingerprint density at radius 2 is 1.82 bits per heavy atom. The van der Waals surface area contributed by atoms with Crippen LogP contribution >= 0.6 is 0 Å². The molecule has 0 saturated carbocycles. The molecule has 0 aliphatic carbocycles. The highest BCUT2D eigenvalue weighted by Gasteiger charge is 2.29. The summed E-state index contributed by atoms with van der Waals surface area (Å²) in [6.07, 6.45) is 0. The molecule has 112 valence electrons. The van der Waals surface area contributed by atoms with Crippen molar-refractivity contribution in [2.24, 2.45) is 5.73 Å². The smallest absolute Gasteiger partial charge is 0.312 e. The van der Waals surface area contributed by atoms with Crippen LogP contribution in [0.3, 0.4) is 0 Å². The molecule has 6 heteroatoms. The number of carbonyl (C=O) groups is 2. The van der Waals surface area contributed by atoms with Crippen molar-refractivity contribution in [3.05, 3.63) is 54.6 Å². The molecule has 1 heterocycles. The minimum Gasteiger partial charge on any atom is -0.352 e. The number of carbonyl (C=O) groups excluding carboxylic acids is 2. The van der Waals surface area contributed by atoms with Gasteiger partial charge in [-0.15, -0.1) is 0 Å². The van der Waals surface area contributed by atoms with Gasteiger partial charge in [-0.2, -0.15) is 0 Å². The molecular weight excluding hydrogens is 280 g/mol. The maximum Gasteiger partial charge on any atom is 0.312 e. The first kappa shape index (κ1) is 13.9. The lowest BCUT2D eigenvalue weighted by Crippen LogP contribution is -2.50. The number of urea groups is 1. The Kier molecular flexibility index (Phi) is 3.65. The Labute approximate surface area is 127 Å². The fourth-order valence-corrected chi connectivity index (χ4v) is 2.53. The van der Waals surface area contributed by atoms with E-state index in [-0.39, 0.29) is 5.91 Å². The van der Waals surface area contributed by atoms with Gasteiger partial charge in [-0.05, 0) is 24.3 Å². The standard InChI is InChI=1S/C16H16N4O2/c17-16(22)19-13-10-20(11-6-2-1-3-7-11)14-9-5-4-8-12(14)18-15(13)21/h1-9,13H,10H2,(H,18,21)(H3,17,19,22). The number of nitrogens with one attached hydrogen (secondary N) is 2. The minimum atomic E-state index is -0.731. The molecule has 0 aromatic heterocycles. The lowest BCUT2D eigenvalue weighted by atomic mass is 10.2. The summed E-state index contributed by atoms with van der Waals surface area (Å²) in [6, 6.07) is 15.7. The number of benzene rings is 2. The van der Waals surface area contributed by atoms with Crippen LogP contribution in [0.1, 0.15) is 0 Å². The van der Waals surface area contributed by atoms with Crippen LogP contribution in [0.15, 0.2) is 54.6 Å². The van der Waals surface area contributed by atoms with E-state index in [4.69, 9.17) is 5.73 Å². The largest absolute Gasteiger partial charge is 0.352 e. The zero-order valence-corrected chi connectivity index (χ0v) is 11.8. The maximum atomic E-state index is 12.3. The van der Waals surface area contributed by atoms with Crippen molar-refractivity contribution in [3.63, 3.8) is 0 Å². The van der Waals surface area contributed by atoms with Gasteiger partial charge in [-0.1, -0.05) is 30.3 Å². The average Bonchev–Trinajstić information content (AvgIpc) is 2.65. The number of primary amides is 1. The van der Waals surface area contributed by atoms with Gasteiger partial charge < -0.3 is 21.3 Å². The molecule has 0 spiro atoms. The van der Waals surface area contributed by atoms with Crippen LogP contribution in [-0.2, 0) is 4.79 Å². The topological polar surface area (TPSA) is 87.5 Å². The van der Waals surface area contributed by atoms with Gasteiger partial charge in [0, 0.05) is 5.69 Å². The van der Waals surface area contributed by atoms with Crippen LogP contribution in [0, 0.1) is 0 Å². The lowest BCUT2D eigenvalue weighted by molar-refractivity contribution is -0.117. The summed E-state index contributed by atoms with van der Waals surface area (Å²) in [7, 11) is 0. The average molecular weight is 296 g/mol. The highest BCUT2D eigenvalue weighted by molar-refractivity contribution is 6.02. The molecular formula is C16H16N4O2. The van der Waals surface area contributed by atoms with E-state index < -0.39 is 12.1 Å². The Morgan fingerprint density at radius 1 is 1.14 bits per heavy atom. The summed E-state index contributed by atoms with van der Waals surface area (Å²) >= 11 is 0. The van der Waals surface area contributed by atoms with Crippen molar-refractivity contribution in [2.75, 3.05) is 16.8 Å². The third-order valence-corrected chi connectivity index (χ3v) is 3.52. The summed E-state index contributed by atoms with van der Waals surface area (Å²) in [5, 5.41) is 5.32. The van der Waals surface area contributed by atoms with Gasteiger partial charge >= 0.3 is 6.03 Å². The number of nitrogens with zero attached hydrogens (tertiary/aromatic N) is 1. The second-order valence-electron chi connectivity index (χ2n) is 5.01. The van der Waals surface area contributed by atoms with Crippen LogP contribution in [-0.4, -0.2) is 24.5 Å². The second kappa shape index (κ2) is 5.77. The third-order valence-electron chi connectivity index (χ3n) is 3.52. The van der Waals surface area contributed by atoms with Crippen LogP contribution in [0.25, 0.3) is 0 Å². The van der Waals surface area contributed by atoms with Crippen molar-refractivity contribution in [1.29, 1.82) is 0 Å². The fraction of sp³-hybridized carbons (Fsp3) is 0.125. The van der Waals surface area contributed by atoms with Crippen molar-refractivity contribution >= 4 is 29.0 Å². The predicted molar refractivity (Wildman–Crippen MR) is 85.0 cm³/mol. The summed E-state index contributed by atoms with van der Waals surface area (Å²) < 4.78 is 0. The molecule has 1 atom stereocenters. The van der Waals surface area contributed by atoms with E-state index in [9.17, 15) is 9.59 Å². The van der Waals surface area contributed by atoms with Gasteiger partial charge in [0.1, 0.15) is 6.04 Å². The SMILES string of the molecule is NC(=O)NC1CN(c2ccccc2)c2ccccc2NC1=O. The third kappa shape index (κ3) is 2.71. The summed E-state index contributed by atoms with van der Waals surface area (Å²) in [6.45, 7) is 0.301. The molecule has 3 rings (SSSR count). The highest BCUT2D eigenvalue weighted by Crippen LogP contribution is 2.34. The minimum absolute atomic E-state index is 0.287. The molecule has 2 aromatic carbocycles. The monoisotopic (exact) mass is 296 g/mol. The summed E-state index contributed by atoms with van der Waals surface area (Å²) in [4.78, 5) is 25.4. The predicted octanol–water partition coefficient (Wildman–Crippen LogP) is 1.81. The molecule has 3 amide bonds. The molecule has 1 aliphatic rings. The number of para-hydroxylation sites is 3. The normalized spacial score (nSPS) is 17.2. The summed E-state index contributed by atoms with van der Waals surface area (Å²) in [5.74, 6) is -0.287. The first-order chi connectivity index (χ1) is 10.6. The zero-order valence-electron chi connectivity index (χ0n) is 11.8. The van der Waals surface area contributed by atoms with Gasteiger partial charge in [-0.3, -0.25) is 4.79 Å². The second-order valence-corrected chi connectivity index (χ2v) is 5.01. The molecule has 0 bridgehead atoms. The van der Waals surface area contributed by atoms with E-state index in [0.717, 1.165) is 11.4 Å². The lowest BCUT2D eigenvalue weighted by Gasteiger charge is -2.26. The maximum absolute atomic E-state index is 12.3. The van der Waals surface area contributed by atoms with Crippen LogP contribution in [0.2, 0.25) is 0 Å². The van der Waals surface area contributed by atoms with Crippen molar-refractivity contribution in [3.8, 4) is 0 Å². The zero-order chi connectivity index (χ0) is 15.5. The number of fused-ring (bicyclic) bond motifs is 1. The Balaban J connectivity index is 2.04. The molecule has 1 unspecified atom stereocenters. The number of rotatable bonds is 2. The molecule has 4 N–H and O–H groups in total. The first-order valence-corrected chi connectivity index (χ1v) is 6.93. The van der Waals surface area contributed by atoms with Gasteiger partial charge in [0.25, 0.3) is 0 Å². The molecule has 2 aromatic rings. The Bertz CT molecular complexity index is 702. The molecule has 0 fully saturated rings. The number of nitrogens with two attached hydrogens (primary N) is 1. The van der Waals surface area contributed by atoms with E-state index in [0.29, 0.717) is 12.2 Å². The van der Waals surface area contributed by atoms with Crippen LogP contribution < -0.4 is 21.3 Å². The van der Waals surface area contributed by atoms with Crippen molar-refractivity contribution in [1.82, 2.24) is 5.32 Å². The fourth-order valence-electron chi connectivity index (χ4n) is 2.53. The molecule has 22 heavy (non-hydrogen) atoms. The van der Waals surface area contributed by atoms with E-state index in [1.54, 1.807) is 0 Å².